The van der Waals surface area contributed by atoms with Crippen LogP contribution in [0.25, 0.3) is 5.65 Å². The highest BCUT2D eigenvalue weighted by Gasteiger charge is 2.03. The minimum Gasteiger partial charge on any atom is -0.394 e. The highest BCUT2D eigenvalue weighted by molar-refractivity contribution is 5.66. The molecule has 2 rings (SSSR count). The SMILES string of the molecule is Cc1nn2cccnc2c1N. The Morgan fingerprint density at radius 2 is 2.36 bits per heavy atom. The van der Waals surface area contributed by atoms with Crippen LogP contribution in [0.3, 0.4) is 0 Å². The molecule has 11 heavy (non-hydrogen) atoms. The number of aromatic nitrogens is 3. The van der Waals surface area contributed by atoms with Crippen molar-refractivity contribution in [1.82, 2.24) is 14.6 Å². The third-order valence-electron chi connectivity index (χ3n) is 1.62. The molecule has 0 saturated heterocycles. The fourth-order valence-electron chi connectivity index (χ4n) is 1.01. The first kappa shape index (κ1) is 6.15. The number of aryl methyl sites for hydroxylation is 1. The van der Waals surface area contributed by atoms with Crippen molar-refractivity contribution in [3.63, 3.8) is 0 Å². The zero-order valence-corrected chi connectivity index (χ0v) is 6.15. The first-order valence-electron chi connectivity index (χ1n) is 3.34. The molecular weight excluding hydrogens is 140 g/mol. The van der Waals surface area contributed by atoms with Gasteiger partial charge in [0.1, 0.15) is 5.69 Å². The second kappa shape index (κ2) is 1.95. The maximum Gasteiger partial charge on any atom is 0.178 e. The van der Waals surface area contributed by atoms with Crippen LogP contribution < -0.4 is 5.73 Å². The smallest absolute Gasteiger partial charge is 0.178 e. The number of hydrogen-bond donors (Lipinski definition) is 1. The third-order valence-corrected chi connectivity index (χ3v) is 1.62. The molecular formula is C7H8N4. The zero-order chi connectivity index (χ0) is 7.84. The normalized spacial score (nSPS) is 10.6. The van der Waals surface area contributed by atoms with E-state index in [1.54, 1.807) is 10.7 Å². The Balaban J connectivity index is 2.92. The lowest BCUT2D eigenvalue weighted by Gasteiger charge is -1.88. The van der Waals surface area contributed by atoms with Crippen LogP contribution in [0.5, 0.6) is 0 Å². The highest BCUT2D eigenvalue weighted by atomic mass is 15.3. The predicted octanol–water partition coefficient (Wildman–Crippen LogP) is 0.620. The molecule has 0 bridgehead atoms. The first-order valence-corrected chi connectivity index (χ1v) is 3.34. The average Bonchev–Trinajstić information content (AvgIpc) is 2.30. The fourth-order valence-corrected chi connectivity index (χ4v) is 1.01. The highest BCUT2D eigenvalue weighted by Crippen LogP contribution is 2.13. The van der Waals surface area contributed by atoms with Gasteiger partial charge in [-0.25, -0.2) is 9.50 Å². The lowest BCUT2D eigenvalue weighted by atomic mass is 10.4. The number of nitrogens with two attached hydrogens (primary N) is 1. The Labute approximate surface area is 63.7 Å². The van der Waals surface area contributed by atoms with Crippen LogP contribution in [-0.2, 0) is 0 Å². The second-order valence-corrected chi connectivity index (χ2v) is 2.39. The molecule has 0 aromatic carbocycles. The third kappa shape index (κ3) is 0.756. The number of nitrogen functional groups attached to an aromatic ring is 1. The summed E-state index contributed by atoms with van der Waals surface area (Å²) in [5.74, 6) is 0. The molecule has 0 aliphatic rings. The van der Waals surface area contributed by atoms with Crippen molar-refractivity contribution >= 4 is 11.3 Å². The molecule has 0 atom stereocenters. The van der Waals surface area contributed by atoms with Crippen LogP contribution in [0, 0.1) is 6.92 Å². The van der Waals surface area contributed by atoms with Gasteiger partial charge >= 0.3 is 0 Å². The van der Waals surface area contributed by atoms with E-state index < -0.39 is 0 Å². The van der Waals surface area contributed by atoms with Gasteiger partial charge < -0.3 is 5.73 Å². The van der Waals surface area contributed by atoms with Gasteiger partial charge in [0.25, 0.3) is 0 Å². The minimum atomic E-state index is 0.658. The van der Waals surface area contributed by atoms with E-state index in [1.165, 1.54) is 0 Å². The summed E-state index contributed by atoms with van der Waals surface area (Å²) < 4.78 is 1.67. The topological polar surface area (TPSA) is 56.2 Å². The van der Waals surface area contributed by atoms with Crippen molar-refractivity contribution in [3.8, 4) is 0 Å². The van der Waals surface area contributed by atoms with E-state index >= 15 is 0 Å². The van der Waals surface area contributed by atoms with Gasteiger partial charge in [-0.05, 0) is 13.0 Å². The van der Waals surface area contributed by atoms with E-state index in [0.29, 0.717) is 5.69 Å². The van der Waals surface area contributed by atoms with Gasteiger partial charge in [-0.3, -0.25) is 0 Å². The number of anilines is 1. The molecule has 0 aliphatic heterocycles. The molecule has 56 valence electrons. The number of nitrogens with zero attached hydrogens (tertiary/aromatic N) is 3. The fraction of sp³-hybridized carbons (Fsp3) is 0.143. The molecule has 0 spiro atoms. The van der Waals surface area contributed by atoms with Crippen LogP contribution in [0.15, 0.2) is 18.5 Å². The Bertz CT molecular complexity index is 390. The predicted molar refractivity (Wildman–Crippen MR) is 42.1 cm³/mol. The van der Waals surface area contributed by atoms with Crippen molar-refractivity contribution in [2.24, 2.45) is 0 Å². The van der Waals surface area contributed by atoms with Gasteiger partial charge in [0.05, 0.1) is 5.69 Å². The second-order valence-electron chi connectivity index (χ2n) is 2.39. The van der Waals surface area contributed by atoms with Crippen molar-refractivity contribution in [3.05, 3.63) is 24.2 Å². The number of fused-ring (bicyclic) bond motifs is 1. The van der Waals surface area contributed by atoms with E-state index in [0.717, 1.165) is 11.3 Å². The van der Waals surface area contributed by atoms with Crippen LogP contribution >= 0.6 is 0 Å². The Hall–Kier alpha value is -1.58. The quantitative estimate of drug-likeness (QED) is 0.595. The maximum atomic E-state index is 5.69. The molecule has 0 amide bonds. The number of hydrogen-bond acceptors (Lipinski definition) is 3. The van der Waals surface area contributed by atoms with E-state index in [4.69, 9.17) is 5.73 Å². The van der Waals surface area contributed by atoms with E-state index in [9.17, 15) is 0 Å². The monoisotopic (exact) mass is 148 g/mol. The van der Waals surface area contributed by atoms with Crippen LogP contribution in [-0.4, -0.2) is 14.6 Å². The van der Waals surface area contributed by atoms with Crippen LogP contribution in [0.2, 0.25) is 0 Å². The molecule has 2 N–H and O–H groups in total. The Morgan fingerprint density at radius 3 is 3.09 bits per heavy atom. The summed E-state index contributed by atoms with van der Waals surface area (Å²) in [6.07, 6.45) is 3.53. The van der Waals surface area contributed by atoms with Gasteiger partial charge in [0, 0.05) is 12.4 Å². The van der Waals surface area contributed by atoms with Crippen LogP contribution in [0.4, 0.5) is 5.69 Å². The molecule has 0 saturated carbocycles. The van der Waals surface area contributed by atoms with E-state index in [-0.39, 0.29) is 0 Å². The van der Waals surface area contributed by atoms with Crippen molar-refractivity contribution in [2.75, 3.05) is 5.73 Å². The van der Waals surface area contributed by atoms with Gasteiger partial charge in [-0.1, -0.05) is 0 Å². The molecule has 0 unspecified atom stereocenters. The number of rotatable bonds is 0. The van der Waals surface area contributed by atoms with Crippen molar-refractivity contribution in [1.29, 1.82) is 0 Å². The lowest BCUT2D eigenvalue weighted by Crippen LogP contribution is -1.89. The summed E-state index contributed by atoms with van der Waals surface area (Å²) >= 11 is 0. The minimum absolute atomic E-state index is 0.658. The lowest BCUT2D eigenvalue weighted by molar-refractivity contribution is 0.917. The maximum absolute atomic E-state index is 5.69. The molecule has 4 heteroatoms. The summed E-state index contributed by atoms with van der Waals surface area (Å²) in [5, 5.41) is 4.14. The summed E-state index contributed by atoms with van der Waals surface area (Å²) in [4.78, 5) is 4.08. The molecule has 0 aliphatic carbocycles. The van der Waals surface area contributed by atoms with Crippen molar-refractivity contribution < 1.29 is 0 Å². The molecule has 2 heterocycles. The van der Waals surface area contributed by atoms with Crippen LogP contribution in [0.1, 0.15) is 5.69 Å². The Morgan fingerprint density at radius 1 is 1.55 bits per heavy atom. The summed E-state index contributed by atoms with van der Waals surface area (Å²) in [7, 11) is 0. The van der Waals surface area contributed by atoms with Gasteiger partial charge in [-0.15, -0.1) is 0 Å². The standard InChI is InChI=1S/C7H8N4/c1-5-6(8)7-9-3-2-4-11(7)10-5/h2-4H,8H2,1H3. The summed E-state index contributed by atoms with van der Waals surface area (Å²) in [6.45, 7) is 1.87. The van der Waals surface area contributed by atoms with Crippen molar-refractivity contribution in [2.45, 2.75) is 6.92 Å². The van der Waals surface area contributed by atoms with Gasteiger partial charge in [0.2, 0.25) is 0 Å². The molecule has 0 radical (unpaired) electrons. The average molecular weight is 148 g/mol. The molecule has 2 aromatic rings. The first-order chi connectivity index (χ1) is 5.29. The molecule has 2 aromatic heterocycles. The molecule has 0 fully saturated rings. The van der Waals surface area contributed by atoms with E-state index in [2.05, 4.69) is 10.1 Å². The van der Waals surface area contributed by atoms with Gasteiger partial charge in [0.15, 0.2) is 5.65 Å². The summed E-state index contributed by atoms with van der Waals surface area (Å²) in [5.41, 5.74) is 7.90. The van der Waals surface area contributed by atoms with E-state index in [1.807, 2.05) is 19.2 Å². The Kier molecular flexibility index (Phi) is 1.09. The molecule has 4 nitrogen and oxygen atoms in total. The largest absolute Gasteiger partial charge is 0.394 e. The summed E-state index contributed by atoms with van der Waals surface area (Å²) in [6, 6.07) is 1.82. The van der Waals surface area contributed by atoms with Gasteiger partial charge in [-0.2, -0.15) is 5.10 Å². The zero-order valence-electron chi connectivity index (χ0n) is 6.15.